The van der Waals surface area contributed by atoms with Crippen LogP contribution in [-0.2, 0) is 10.0 Å². The zero-order valence-electron chi connectivity index (χ0n) is 17.1. The highest BCUT2D eigenvalue weighted by Gasteiger charge is 2.31. The summed E-state index contributed by atoms with van der Waals surface area (Å²) < 4.78 is 33.6. The summed E-state index contributed by atoms with van der Waals surface area (Å²) in [6.45, 7) is 1.85. The number of nitrogens with zero attached hydrogens (tertiary/aromatic N) is 1. The van der Waals surface area contributed by atoms with Gasteiger partial charge in [0.2, 0.25) is 10.0 Å². The molecule has 1 atom stereocenters. The summed E-state index contributed by atoms with van der Waals surface area (Å²) in [4.78, 5) is 11.5. The van der Waals surface area contributed by atoms with Crippen LogP contribution in [0.2, 0.25) is 0 Å². The van der Waals surface area contributed by atoms with Gasteiger partial charge in [-0.15, -0.1) is 0 Å². The molecular formula is C23H22N2O5S. The van der Waals surface area contributed by atoms with Crippen LogP contribution in [0.5, 0.6) is 5.75 Å². The van der Waals surface area contributed by atoms with Crippen LogP contribution in [0.25, 0.3) is 6.08 Å². The predicted octanol–water partition coefficient (Wildman–Crippen LogP) is 4.34. The Labute approximate surface area is 181 Å². The van der Waals surface area contributed by atoms with Crippen molar-refractivity contribution in [1.82, 2.24) is 4.72 Å². The fourth-order valence-corrected chi connectivity index (χ4v) is 4.20. The largest absolute Gasteiger partial charge is 0.497 e. The Balaban J connectivity index is 2.07. The van der Waals surface area contributed by atoms with Gasteiger partial charge in [0.25, 0.3) is 5.70 Å². The molecule has 0 aromatic heterocycles. The zero-order chi connectivity index (χ0) is 22.4. The number of sulfonamides is 1. The van der Waals surface area contributed by atoms with Gasteiger partial charge in [-0.1, -0.05) is 60.2 Å². The van der Waals surface area contributed by atoms with E-state index in [1.165, 1.54) is 25.3 Å². The number of rotatable bonds is 8. The maximum Gasteiger partial charge on any atom is 0.269 e. The quantitative estimate of drug-likeness (QED) is 0.417. The van der Waals surface area contributed by atoms with E-state index in [-0.39, 0.29) is 10.6 Å². The summed E-state index contributed by atoms with van der Waals surface area (Å²) in [6, 6.07) is 20.2. The minimum absolute atomic E-state index is 0.0335. The maximum atomic E-state index is 13.0. The van der Waals surface area contributed by atoms with Crippen LogP contribution in [0.4, 0.5) is 0 Å². The monoisotopic (exact) mass is 438 g/mol. The number of benzene rings is 3. The molecule has 8 heteroatoms. The standard InChI is InChI=1S/C23H22N2O5S/c1-17-8-14-21(15-9-17)31(28,29)24-23(19-6-4-3-5-7-19)22(25(26)27)16-18-10-12-20(30-2)13-11-18/h3-16,23-24H,1-2H3/b22-16-. The van der Waals surface area contributed by atoms with Gasteiger partial charge in [-0.05, 0) is 42.3 Å². The molecule has 3 aromatic carbocycles. The summed E-state index contributed by atoms with van der Waals surface area (Å²) in [7, 11) is -2.49. The second kappa shape index (κ2) is 9.55. The van der Waals surface area contributed by atoms with Crippen molar-refractivity contribution in [2.75, 3.05) is 7.11 Å². The number of aryl methyl sites for hydroxylation is 1. The SMILES string of the molecule is COc1ccc(/C=C(/C(NS(=O)(=O)c2ccc(C)cc2)c2ccccc2)[N+](=O)[O-])cc1. The summed E-state index contributed by atoms with van der Waals surface area (Å²) in [5.74, 6) is 0.611. The van der Waals surface area contributed by atoms with Gasteiger partial charge in [0, 0.05) is 6.08 Å². The lowest BCUT2D eigenvalue weighted by atomic mass is 10.0. The number of hydrogen-bond donors (Lipinski definition) is 1. The molecule has 0 bridgehead atoms. The number of nitro groups is 1. The molecule has 3 aromatic rings. The Morgan fingerprint density at radius 2 is 1.61 bits per heavy atom. The molecule has 0 amide bonds. The Morgan fingerprint density at radius 3 is 2.16 bits per heavy atom. The van der Waals surface area contributed by atoms with Crippen LogP contribution in [0.1, 0.15) is 22.7 Å². The molecular weight excluding hydrogens is 416 g/mol. The van der Waals surface area contributed by atoms with E-state index in [0.29, 0.717) is 16.9 Å². The molecule has 0 fully saturated rings. The van der Waals surface area contributed by atoms with Gasteiger partial charge in [0.15, 0.2) is 0 Å². The molecule has 160 valence electrons. The van der Waals surface area contributed by atoms with Gasteiger partial charge in [-0.25, -0.2) is 8.42 Å². The van der Waals surface area contributed by atoms with E-state index in [0.717, 1.165) is 5.56 Å². The van der Waals surface area contributed by atoms with Crippen molar-refractivity contribution in [3.05, 3.63) is 111 Å². The van der Waals surface area contributed by atoms with E-state index in [2.05, 4.69) is 4.72 Å². The van der Waals surface area contributed by atoms with Crippen molar-refractivity contribution in [3.63, 3.8) is 0 Å². The topological polar surface area (TPSA) is 98.5 Å². The van der Waals surface area contributed by atoms with Gasteiger partial charge in [-0.3, -0.25) is 10.1 Å². The van der Waals surface area contributed by atoms with Crippen molar-refractivity contribution < 1.29 is 18.1 Å². The van der Waals surface area contributed by atoms with E-state index in [1.54, 1.807) is 66.7 Å². The number of methoxy groups -OCH3 is 1. The highest BCUT2D eigenvalue weighted by molar-refractivity contribution is 7.89. The molecule has 7 nitrogen and oxygen atoms in total. The van der Waals surface area contributed by atoms with Crippen LogP contribution in [0.3, 0.4) is 0 Å². The Morgan fingerprint density at radius 1 is 1.00 bits per heavy atom. The number of hydrogen-bond acceptors (Lipinski definition) is 5. The third-order valence-electron chi connectivity index (χ3n) is 4.67. The van der Waals surface area contributed by atoms with Crippen molar-refractivity contribution in [1.29, 1.82) is 0 Å². The molecule has 0 aliphatic rings. The van der Waals surface area contributed by atoms with E-state index in [1.807, 2.05) is 6.92 Å². The molecule has 3 rings (SSSR count). The van der Waals surface area contributed by atoms with Gasteiger partial charge in [0.05, 0.1) is 16.9 Å². The van der Waals surface area contributed by atoms with Crippen LogP contribution >= 0.6 is 0 Å². The van der Waals surface area contributed by atoms with Gasteiger partial charge in [-0.2, -0.15) is 4.72 Å². The predicted molar refractivity (Wildman–Crippen MR) is 119 cm³/mol. The molecule has 0 heterocycles. The first-order chi connectivity index (χ1) is 14.8. The van der Waals surface area contributed by atoms with E-state index in [4.69, 9.17) is 4.74 Å². The third kappa shape index (κ3) is 5.56. The van der Waals surface area contributed by atoms with Crippen molar-refractivity contribution in [2.24, 2.45) is 0 Å². The highest BCUT2D eigenvalue weighted by Crippen LogP contribution is 2.27. The number of nitrogens with one attached hydrogen (secondary N) is 1. The lowest BCUT2D eigenvalue weighted by molar-refractivity contribution is -0.429. The lowest BCUT2D eigenvalue weighted by Crippen LogP contribution is -2.32. The molecule has 0 radical (unpaired) electrons. The van der Waals surface area contributed by atoms with Crippen LogP contribution in [0.15, 0.2) is 89.5 Å². The summed E-state index contributed by atoms with van der Waals surface area (Å²) in [5, 5.41) is 12.0. The van der Waals surface area contributed by atoms with Crippen LogP contribution in [-0.4, -0.2) is 20.5 Å². The Kier molecular flexibility index (Phi) is 6.84. The molecule has 1 N–H and O–H groups in total. The molecule has 0 aliphatic carbocycles. The maximum absolute atomic E-state index is 13.0. The first-order valence-electron chi connectivity index (χ1n) is 9.44. The average molecular weight is 439 g/mol. The second-order valence-corrected chi connectivity index (χ2v) is 8.59. The molecule has 0 saturated carbocycles. The minimum atomic E-state index is -4.02. The Hall–Kier alpha value is -3.49. The fourth-order valence-electron chi connectivity index (χ4n) is 3.00. The summed E-state index contributed by atoms with van der Waals surface area (Å²) in [6.07, 6.45) is 1.36. The average Bonchev–Trinajstić information content (AvgIpc) is 2.77. The van der Waals surface area contributed by atoms with Gasteiger partial charge < -0.3 is 4.74 Å². The molecule has 0 spiro atoms. The smallest absolute Gasteiger partial charge is 0.269 e. The highest BCUT2D eigenvalue weighted by atomic mass is 32.2. The lowest BCUT2D eigenvalue weighted by Gasteiger charge is -2.17. The van der Waals surface area contributed by atoms with Gasteiger partial charge in [0.1, 0.15) is 11.8 Å². The van der Waals surface area contributed by atoms with Crippen LogP contribution in [0, 0.1) is 17.0 Å². The minimum Gasteiger partial charge on any atom is -0.497 e. The van der Waals surface area contributed by atoms with Crippen LogP contribution < -0.4 is 9.46 Å². The molecule has 0 saturated heterocycles. The van der Waals surface area contributed by atoms with E-state index < -0.39 is 21.0 Å². The fraction of sp³-hybridized carbons (Fsp3) is 0.130. The molecule has 1 unspecified atom stereocenters. The van der Waals surface area contributed by atoms with E-state index in [9.17, 15) is 18.5 Å². The van der Waals surface area contributed by atoms with Gasteiger partial charge >= 0.3 is 0 Å². The summed E-state index contributed by atoms with van der Waals surface area (Å²) >= 11 is 0. The first-order valence-corrected chi connectivity index (χ1v) is 10.9. The Bertz CT molecular complexity index is 1170. The molecule has 31 heavy (non-hydrogen) atoms. The van der Waals surface area contributed by atoms with E-state index >= 15 is 0 Å². The van der Waals surface area contributed by atoms with Crippen molar-refractivity contribution in [2.45, 2.75) is 17.9 Å². The first kappa shape index (κ1) is 22.2. The zero-order valence-corrected chi connectivity index (χ0v) is 17.9. The third-order valence-corrected chi connectivity index (χ3v) is 6.11. The van der Waals surface area contributed by atoms with Crippen molar-refractivity contribution >= 4 is 16.1 Å². The number of ether oxygens (including phenoxy) is 1. The normalized spacial score (nSPS) is 12.9. The summed E-state index contributed by atoms with van der Waals surface area (Å²) in [5.41, 5.74) is 1.61. The molecule has 0 aliphatic heterocycles. The van der Waals surface area contributed by atoms with Crippen molar-refractivity contribution in [3.8, 4) is 5.75 Å². The second-order valence-electron chi connectivity index (χ2n) is 6.88.